The van der Waals surface area contributed by atoms with Gasteiger partial charge in [-0.2, -0.15) is 0 Å². The molecule has 0 amide bonds. The predicted molar refractivity (Wildman–Crippen MR) is 110 cm³/mol. The largest absolute Gasteiger partial charge is 0.361 e. The molecule has 0 N–H and O–H groups in total. The molecule has 0 atom stereocenters. The van der Waals surface area contributed by atoms with Gasteiger partial charge in [0.15, 0.2) is 9.84 Å². The Morgan fingerprint density at radius 3 is 2.36 bits per heavy atom. The van der Waals surface area contributed by atoms with Crippen molar-refractivity contribution in [2.24, 2.45) is 5.92 Å². The molecule has 0 radical (unpaired) electrons. The zero-order valence-electron chi connectivity index (χ0n) is 16.2. The van der Waals surface area contributed by atoms with Crippen LogP contribution in [0.5, 0.6) is 0 Å². The van der Waals surface area contributed by atoms with Gasteiger partial charge in [0.05, 0.1) is 10.6 Å². The zero-order valence-corrected chi connectivity index (χ0v) is 17.0. The topological polar surface area (TPSA) is 65.1 Å². The van der Waals surface area contributed by atoms with Gasteiger partial charge >= 0.3 is 0 Å². The highest BCUT2D eigenvalue weighted by molar-refractivity contribution is 7.90. The molecular weight excluding hydrogens is 372 g/mol. The molecule has 2 aromatic carbocycles. The standard InChI is InChI=1S/C22H22N2O3S/c1-13-22(14(2)27-23-13)16-6-8-20-18(10-16)19-11-17(28(3,25)26)7-9-21(19)24(20)12-15-4-5-15/h6-11,15H,4-5,12H2,1-3H3. The molecule has 1 aliphatic rings. The summed E-state index contributed by atoms with van der Waals surface area (Å²) in [4.78, 5) is 0.355. The Bertz CT molecular complexity index is 1320. The molecule has 2 heterocycles. The summed E-state index contributed by atoms with van der Waals surface area (Å²) in [5.41, 5.74) is 5.13. The molecule has 144 valence electrons. The lowest BCUT2D eigenvalue weighted by Crippen LogP contribution is -2.00. The zero-order chi connectivity index (χ0) is 19.6. The lowest BCUT2D eigenvalue weighted by molar-refractivity contribution is 0.393. The second kappa shape index (κ2) is 5.95. The van der Waals surface area contributed by atoms with Gasteiger partial charge in [0.2, 0.25) is 0 Å². The first-order valence-corrected chi connectivity index (χ1v) is 11.4. The molecule has 4 aromatic rings. The van der Waals surface area contributed by atoms with Gasteiger partial charge in [-0.25, -0.2) is 8.42 Å². The Kier molecular flexibility index (Phi) is 3.72. The number of hydrogen-bond donors (Lipinski definition) is 0. The Hall–Kier alpha value is -2.60. The van der Waals surface area contributed by atoms with Gasteiger partial charge in [-0.15, -0.1) is 0 Å². The highest BCUT2D eigenvalue weighted by atomic mass is 32.2. The summed E-state index contributed by atoms with van der Waals surface area (Å²) in [5, 5.41) is 6.12. The van der Waals surface area contributed by atoms with Crippen molar-refractivity contribution >= 4 is 31.6 Å². The molecule has 1 saturated carbocycles. The van der Waals surface area contributed by atoms with Crippen LogP contribution in [0.25, 0.3) is 32.9 Å². The highest BCUT2D eigenvalue weighted by Gasteiger charge is 2.24. The third-order valence-electron chi connectivity index (χ3n) is 5.72. The maximum absolute atomic E-state index is 12.1. The third-order valence-corrected chi connectivity index (χ3v) is 6.83. The fourth-order valence-corrected chi connectivity index (χ4v) is 4.77. The first-order chi connectivity index (χ1) is 13.3. The summed E-state index contributed by atoms with van der Waals surface area (Å²) in [6.45, 7) is 4.83. The van der Waals surface area contributed by atoms with Crippen LogP contribution in [0.4, 0.5) is 0 Å². The monoisotopic (exact) mass is 394 g/mol. The molecule has 1 aliphatic carbocycles. The number of aromatic nitrogens is 2. The number of sulfone groups is 1. The van der Waals surface area contributed by atoms with Crippen molar-refractivity contribution in [3.8, 4) is 11.1 Å². The summed E-state index contributed by atoms with van der Waals surface area (Å²) in [7, 11) is -3.27. The molecule has 0 spiro atoms. The molecule has 0 aliphatic heterocycles. The van der Waals surface area contributed by atoms with Gasteiger partial charge in [0, 0.05) is 40.2 Å². The fourth-order valence-electron chi connectivity index (χ4n) is 4.12. The molecule has 1 fully saturated rings. The van der Waals surface area contributed by atoms with Crippen LogP contribution in [0.2, 0.25) is 0 Å². The van der Waals surface area contributed by atoms with E-state index in [0.29, 0.717) is 4.90 Å². The molecule has 5 rings (SSSR count). The molecule has 0 unspecified atom stereocenters. The quantitative estimate of drug-likeness (QED) is 0.495. The molecule has 28 heavy (non-hydrogen) atoms. The second-order valence-electron chi connectivity index (χ2n) is 7.94. The molecular formula is C22H22N2O3S. The van der Waals surface area contributed by atoms with Gasteiger partial charge in [-0.1, -0.05) is 11.2 Å². The summed E-state index contributed by atoms with van der Waals surface area (Å²) < 4.78 is 31.9. The van der Waals surface area contributed by atoms with Crippen molar-refractivity contribution in [3.63, 3.8) is 0 Å². The summed E-state index contributed by atoms with van der Waals surface area (Å²) in [6, 6.07) is 11.9. The van der Waals surface area contributed by atoms with Crippen molar-refractivity contribution in [1.29, 1.82) is 0 Å². The van der Waals surface area contributed by atoms with Crippen LogP contribution in [0, 0.1) is 19.8 Å². The van der Waals surface area contributed by atoms with E-state index in [1.54, 1.807) is 6.07 Å². The van der Waals surface area contributed by atoms with E-state index in [2.05, 4.69) is 27.9 Å². The predicted octanol–water partition coefficient (Wildman–Crippen LogP) is 4.88. The Labute approximate surface area is 163 Å². The lowest BCUT2D eigenvalue weighted by atomic mass is 10.0. The smallest absolute Gasteiger partial charge is 0.175 e. The van der Waals surface area contributed by atoms with E-state index in [1.807, 2.05) is 26.0 Å². The van der Waals surface area contributed by atoms with E-state index < -0.39 is 9.84 Å². The molecule has 5 nitrogen and oxygen atoms in total. The SMILES string of the molecule is Cc1noc(C)c1-c1ccc2c(c1)c1cc(S(C)(=O)=O)ccc1n2CC1CC1. The van der Waals surface area contributed by atoms with Crippen LogP contribution < -0.4 is 0 Å². The minimum Gasteiger partial charge on any atom is -0.361 e. The fraction of sp³-hybridized carbons (Fsp3) is 0.318. The van der Waals surface area contributed by atoms with Gasteiger partial charge in [0.25, 0.3) is 0 Å². The second-order valence-corrected chi connectivity index (χ2v) is 9.95. The van der Waals surface area contributed by atoms with E-state index in [9.17, 15) is 8.42 Å². The average molecular weight is 394 g/mol. The van der Waals surface area contributed by atoms with Crippen molar-refractivity contribution in [2.45, 2.75) is 38.1 Å². The first-order valence-electron chi connectivity index (χ1n) is 9.52. The Morgan fingerprint density at radius 1 is 1.07 bits per heavy atom. The first kappa shape index (κ1) is 17.5. The van der Waals surface area contributed by atoms with Crippen LogP contribution >= 0.6 is 0 Å². The number of rotatable bonds is 4. The van der Waals surface area contributed by atoms with E-state index in [0.717, 1.165) is 56.8 Å². The minimum atomic E-state index is -3.27. The molecule has 6 heteroatoms. The van der Waals surface area contributed by atoms with E-state index >= 15 is 0 Å². The van der Waals surface area contributed by atoms with Gasteiger partial charge in [0.1, 0.15) is 5.76 Å². The van der Waals surface area contributed by atoms with Crippen molar-refractivity contribution < 1.29 is 12.9 Å². The molecule has 0 bridgehead atoms. The minimum absolute atomic E-state index is 0.355. The van der Waals surface area contributed by atoms with Gasteiger partial charge < -0.3 is 9.09 Å². The maximum atomic E-state index is 12.1. The van der Waals surface area contributed by atoms with Crippen molar-refractivity contribution in [3.05, 3.63) is 47.9 Å². The van der Waals surface area contributed by atoms with Crippen molar-refractivity contribution in [2.75, 3.05) is 6.26 Å². The number of benzene rings is 2. The number of hydrogen-bond acceptors (Lipinski definition) is 4. The summed E-state index contributed by atoms with van der Waals surface area (Å²) in [5.74, 6) is 1.51. The van der Waals surface area contributed by atoms with Crippen molar-refractivity contribution in [1.82, 2.24) is 9.72 Å². The Balaban J connectivity index is 1.82. The third kappa shape index (κ3) is 2.75. The van der Waals surface area contributed by atoms with Crippen LogP contribution in [0.3, 0.4) is 0 Å². The van der Waals surface area contributed by atoms with E-state index in [-0.39, 0.29) is 0 Å². The molecule has 2 aromatic heterocycles. The van der Waals surface area contributed by atoms with E-state index in [4.69, 9.17) is 4.52 Å². The maximum Gasteiger partial charge on any atom is 0.175 e. The summed E-state index contributed by atoms with van der Waals surface area (Å²) >= 11 is 0. The number of fused-ring (bicyclic) bond motifs is 3. The highest BCUT2D eigenvalue weighted by Crippen LogP contribution is 2.38. The van der Waals surface area contributed by atoms with Crippen LogP contribution in [-0.2, 0) is 16.4 Å². The van der Waals surface area contributed by atoms with Crippen LogP contribution in [-0.4, -0.2) is 24.4 Å². The number of nitrogens with zero attached hydrogens (tertiary/aromatic N) is 2. The van der Waals surface area contributed by atoms with Crippen LogP contribution in [0.15, 0.2) is 45.8 Å². The number of aryl methyl sites for hydroxylation is 2. The van der Waals surface area contributed by atoms with E-state index in [1.165, 1.54) is 19.1 Å². The van der Waals surface area contributed by atoms with Gasteiger partial charge in [-0.3, -0.25) is 0 Å². The Morgan fingerprint density at radius 2 is 1.75 bits per heavy atom. The summed E-state index contributed by atoms with van der Waals surface area (Å²) in [6.07, 6.45) is 3.78. The normalized spacial score (nSPS) is 15.0. The average Bonchev–Trinajstić information content (AvgIpc) is 3.34. The van der Waals surface area contributed by atoms with Crippen LogP contribution in [0.1, 0.15) is 24.3 Å². The molecule has 0 saturated heterocycles. The van der Waals surface area contributed by atoms with Gasteiger partial charge in [-0.05, 0) is 68.5 Å². The lowest BCUT2D eigenvalue weighted by Gasteiger charge is -2.07.